The highest BCUT2D eigenvalue weighted by Gasteiger charge is 2.25. The van der Waals surface area contributed by atoms with Crippen LogP contribution in [0.15, 0.2) is 38.4 Å². The van der Waals surface area contributed by atoms with Crippen LogP contribution in [0.5, 0.6) is 5.75 Å². The number of carbonyl (C=O) groups excluding carboxylic acids is 1. The van der Waals surface area contributed by atoms with E-state index in [0.29, 0.717) is 22.0 Å². The fourth-order valence-electron chi connectivity index (χ4n) is 3.23. The van der Waals surface area contributed by atoms with Crippen molar-refractivity contribution < 1.29 is 14.3 Å². The largest absolute Gasteiger partial charge is 0.497 e. The second-order valence-electron chi connectivity index (χ2n) is 6.52. The van der Waals surface area contributed by atoms with Crippen LogP contribution in [0.2, 0.25) is 0 Å². The quantitative estimate of drug-likeness (QED) is 0.330. The molecule has 0 N–H and O–H groups in total. The van der Waals surface area contributed by atoms with Gasteiger partial charge >= 0.3 is 5.97 Å². The van der Waals surface area contributed by atoms with Crippen LogP contribution in [0.4, 0.5) is 0 Å². The molecule has 6 nitrogen and oxygen atoms in total. The third-order valence-electron chi connectivity index (χ3n) is 4.71. The molecule has 0 saturated carbocycles. The Balaban J connectivity index is 1.93. The lowest BCUT2D eigenvalue weighted by atomic mass is 10.1. The average Bonchev–Trinajstić information content (AvgIpc) is 3.12. The van der Waals surface area contributed by atoms with Gasteiger partial charge in [0, 0.05) is 0 Å². The maximum Gasteiger partial charge on any atom is 0.318 e. The van der Waals surface area contributed by atoms with Crippen molar-refractivity contribution in [2.24, 2.45) is 0 Å². The number of hydrogen-bond donors (Lipinski definition) is 0. The minimum atomic E-state index is -0.488. The van der Waals surface area contributed by atoms with Crippen LogP contribution in [-0.4, -0.2) is 40.7 Å². The van der Waals surface area contributed by atoms with Crippen LogP contribution in [0.1, 0.15) is 18.9 Å². The van der Waals surface area contributed by atoms with E-state index in [1.54, 1.807) is 41.7 Å². The number of thiophene rings is 1. The van der Waals surface area contributed by atoms with Gasteiger partial charge in [-0.2, -0.15) is 0 Å². The van der Waals surface area contributed by atoms with Crippen molar-refractivity contribution in [3.63, 3.8) is 0 Å². The van der Waals surface area contributed by atoms with E-state index in [1.165, 1.54) is 23.1 Å². The maximum absolute atomic E-state index is 13.6. The number of rotatable bonds is 5. The lowest BCUT2D eigenvalue weighted by Gasteiger charge is -2.15. The zero-order chi connectivity index (χ0) is 20.5. The summed E-state index contributed by atoms with van der Waals surface area (Å²) in [7, 11) is 2.96. The molecule has 1 aromatic carbocycles. The van der Waals surface area contributed by atoms with Gasteiger partial charge in [-0.25, -0.2) is 4.98 Å². The minimum Gasteiger partial charge on any atom is -0.497 e. The lowest BCUT2D eigenvalue weighted by Crippen LogP contribution is -2.24. The summed E-state index contributed by atoms with van der Waals surface area (Å²) in [5, 5.41) is 0.690. The van der Waals surface area contributed by atoms with Gasteiger partial charge in [-0.1, -0.05) is 11.8 Å². The molecule has 9 heteroatoms. The topological polar surface area (TPSA) is 70.4 Å². The number of aromatic nitrogens is 2. The fourth-order valence-corrected chi connectivity index (χ4v) is 6.76. The minimum absolute atomic E-state index is 0.0975. The molecular formula is C20H20N2O4S3. The number of esters is 1. The van der Waals surface area contributed by atoms with Crippen LogP contribution < -0.4 is 10.3 Å². The van der Waals surface area contributed by atoms with E-state index in [4.69, 9.17) is 14.5 Å². The molecule has 0 fully saturated rings. The first-order valence-electron chi connectivity index (χ1n) is 9.13. The SMILES string of the molecule is COC(=O)[C@@H](C)Sc1nc2sc3c(c2c(=O)n1-c1ccc(OC)cc1)CCCS3. The standard InChI is InChI=1S/C20H20N2O4S3/c1-11(18(24)26-3)28-20-21-16-15(14-5-4-10-27-19(14)29-16)17(23)22(20)12-6-8-13(25-2)9-7-12/h6-9,11H,4-5,10H2,1-3H3/t11-/m1/s1. The predicted molar refractivity (Wildman–Crippen MR) is 118 cm³/mol. The zero-order valence-corrected chi connectivity index (χ0v) is 18.7. The molecule has 0 spiro atoms. The number of fused-ring (bicyclic) bond motifs is 3. The third-order valence-corrected chi connectivity index (χ3v) is 8.26. The third kappa shape index (κ3) is 3.78. The van der Waals surface area contributed by atoms with Gasteiger partial charge in [0.1, 0.15) is 15.8 Å². The smallest absolute Gasteiger partial charge is 0.318 e. The molecule has 3 aromatic rings. The number of benzene rings is 1. The first-order valence-corrected chi connectivity index (χ1v) is 11.8. The predicted octanol–water partition coefficient (Wildman–Crippen LogP) is 4.15. The van der Waals surface area contributed by atoms with Gasteiger partial charge in [-0.3, -0.25) is 14.2 Å². The van der Waals surface area contributed by atoms with Gasteiger partial charge in [-0.05, 0) is 55.3 Å². The molecule has 0 bridgehead atoms. The number of carbonyl (C=O) groups is 1. The molecule has 0 radical (unpaired) electrons. The average molecular weight is 449 g/mol. The van der Waals surface area contributed by atoms with Crippen molar-refractivity contribution in [3.8, 4) is 11.4 Å². The Labute approximate surface area is 180 Å². The number of thioether (sulfide) groups is 2. The summed E-state index contributed by atoms with van der Waals surface area (Å²) < 4.78 is 12.9. The first-order chi connectivity index (χ1) is 14.0. The van der Waals surface area contributed by atoms with Crippen molar-refractivity contribution in [1.82, 2.24) is 9.55 Å². The number of aryl methyl sites for hydroxylation is 1. The van der Waals surface area contributed by atoms with E-state index >= 15 is 0 Å². The van der Waals surface area contributed by atoms with Gasteiger partial charge < -0.3 is 9.47 Å². The van der Waals surface area contributed by atoms with Crippen LogP contribution in [0, 0.1) is 0 Å². The Bertz CT molecular complexity index is 1120. The van der Waals surface area contributed by atoms with Gasteiger partial charge in [0.25, 0.3) is 5.56 Å². The van der Waals surface area contributed by atoms with E-state index in [1.807, 2.05) is 24.3 Å². The molecule has 0 aliphatic carbocycles. The van der Waals surface area contributed by atoms with Gasteiger partial charge in [-0.15, -0.1) is 23.1 Å². The Morgan fingerprint density at radius 3 is 2.72 bits per heavy atom. The van der Waals surface area contributed by atoms with E-state index < -0.39 is 5.25 Å². The van der Waals surface area contributed by atoms with Crippen molar-refractivity contribution in [2.45, 2.75) is 34.4 Å². The van der Waals surface area contributed by atoms with Crippen LogP contribution >= 0.6 is 34.9 Å². The highest BCUT2D eigenvalue weighted by atomic mass is 32.2. The molecule has 3 heterocycles. The Morgan fingerprint density at radius 1 is 1.28 bits per heavy atom. The summed E-state index contributed by atoms with van der Waals surface area (Å²) in [4.78, 5) is 31.1. The monoisotopic (exact) mass is 448 g/mol. The van der Waals surface area contributed by atoms with Gasteiger partial charge in [0.15, 0.2) is 5.16 Å². The van der Waals surface area contributed by atoms with Crippen molar-refractivity contribution in [3.05, 3.63) is 40.2 Å². The molecule has 1 aliphatic rings. The van der Waals surface area contributed by atoms with Crippen LogP contribution in [0.25, 0.3) is 15.9 Å². The molecule has 2 aromatic heterocycles. The molecular weight excluding hydrogens is 428 g/mol. The van der Waals surface area contributed by atoms with Crippen molar-refractivity contribution in [2.75, 3.05) is 20.0 Å². The van der Waals surface area contributed by atoms with Gasteiger partial charge in [0.2, 0.25) is 0 Å². The molecule has 0 saturated heterocycles. The first kappa shape index (κ1) is 20.3. The van der Waals surface area contributed by atoms with Gasteiger partial charge in [0.05, 0.1) is 29.5 Å². The number of methoxy groups -OCH3 is 2. The van der Waals surface area contributed by atoms with E-state index in [9.17, 15) is 9.59 Å². The molecule has 1 atom stereocenters. The summed E-state index contributed by atoms with van der Waals surface area (Å²) >= 11 is 4.59. The van der Waals surface area contributed by atoms with Crippen molar-refractivity contribution >= 4 is 51.0 Å². The van der Waals surface area contributed by atoms with E-state index in [0.717, 1.165) is 29.0 Å². The molecule has 4 rings (SSSR count). The number of ether oxygens (including phenoxy) is 2. The van der Waals surface area contributed by atoms with E-state index in [2.05, 4.69) is 0 Å². The Hall–Kier alpha value is -1.97. The lowest BCUT2D eigenvalue weighted by molar-refractivity contribution is -0.139. The fraction of sp³-hybridized carbons (Fsp3) is 0.350. The zero-order valence-electron chi connectivity index (χ0n) is 16.3. The highest BCUT2D eigenvalue weighted by Crippen LogP contribution is 2.41. The molecule has 152 valence electrons. The van der Waals surface area contributed by atoms with Crippen LogP contribution in [0.3, 0.4) is 0 Å². The van der Waals surface area contributed by atoms with Crippen LogP contribution in [-0.2, 0) is 16.0 Å². The molecule has 1 aliphatic heterocycles. The second-order valence-corrected chi connectivity index (χ2v) is 10.2. The summed E-state index contributed by atoms with van der Waals surface area (Å²) in [6.45, 7) is 1.75. The Kier molecular flexibility index (Phi) is 5.89. The number of nitrogens with zero attached hydrogens (tertiary/aromatic N) is 2. The second kappa shape index (κ2) is 8.41. The molecule has 0 amide bonds. The molecule has 29 heavy (non-hydrogen) atoms. The normalized spacial score (nSPS) is 14.4. The molecule has 0 unspecified atom stereocenters. The summed E-state index contributed by atoms with van der Waals surface area (Å²) in [6.07, 6.45) is 1.95. The van der Waals surface area contributed by atoms with Crippen molar-refractivity contribution in [1.29, 1.82) is 0 Å². The highest BCUT2D eigenvalue weighted by molar-refractivity contribution is 8.01. The summed E-state index contributed by atoms with van der Waals surface area (Å²) in [5.41, 5.74) is 1.70. The maximum atomic E-state index is 13.6. The summed E-state index contributed by atoms with van der Waals surface area (Å²) in [6, 6.07) is 7.27. The summed E-state index contributed by atoms with van der Waals surface area (Å²) in [5.74, 6) is 1.41. The number of hydrogen-bond acceptors (Lipinski definition) is 8. The Morgan fingerprint density at radius 2 is 2.03 bits per heavy atom. The van der Waals surface area contributed by atoms with E-state index in [-0.39, 0.29) is 11.5 Å².